The second kappa shape index (κ2) is 7.28. The normalized spacial score (nSPS) is 14.6. The van der Waals surface area contributed by atoms with E-state index in [0.717, 1.165) is 38.6 Å². The van der Waals surface area contributed by atoms with Gasteiger partial charge in [0.1, 0.15) is 5.78 Å². The molecule has 0 heterocycles. The van der Waals surface area contributed by atoms with Crippen LogP contribution in [0.25, 0.3) is 0 Å². The first-order chi connectivity index (χ1) is 8.06. The highest BCUT2D eigenvalue weighted by molar-refractivity contribution is 5.78. The van der Waals surface area contributed by atoms with Crippen LogP contribution in [0.2, 0.25) is 0 Å². The summed E-state index contributed by atoms with van der Waals surface area (Å²) in [5.41, 5.74) is 6.18. The third-order valence-corrected chi connectivity index (χ3v) is 3.67. The van der Waals surface area contributed by atoms with Crippen LogP contribution in [0.15, 0.2) is 0 Å². The van der Waals surface area contributed by atoms with E-state index in [1.54, 1.807) is 0 Å². The fourth-order valence-electron chi connectivity index (χ4n) is 2.19. The fraction of sp³-hybridized carbons (Fsp3) is 0.938. The zero-order valence-electron chi connectivity index (χ0n) is 13.3. The first kappa shape index (κ1) is 17.6. The molecule has 0 fully saturated rings. The minimum atomic E-state index is 0.254. The maximum absolute atomic E-state index is 11.9. The van der Waals surface area contributed by atoms with E-state index in [0.29, 0.717) is 11.7 Å². The predicted molar refractivity (Wildman–Crippen MR) is 79.5 cm³/mol. The van der Waals surface area contributed by atoms with Crippen LogP contribution in [-0.2, 0) is 4.79 Å². The summed E-state index contributed by atoms with van der Waals surface area (Å²) in [5, 5.41) is 0. The maximum atomic E-state index is 11.9. The molecular formula is C16H33NO. The van der Waals surface area contributed by atoms with Gasteiger partial charge in [0.05, 0.1) is 0 Å². The molecular weight excluding hydrogens is 222 g/mol. The topological polar surface area (TPSA) is 43.1 Å². The third-order valence-electron chi connectivity index (χ3n) is 3.67. The molecule has 0 amide bonds. The first-order valence-electron chi connectivity index (χ1n) is 7.28. The average molecular weight is 255 g/mol. The molecule has 0 aromatic rings. The average Bonchev–Trinajstić information content (AvgIpc) is 2.18. The van der Waals surface area contributed by atoms with Crippen molar-refractivity contribution in [1.82, 2.24) is 0 Å². The van der Waals surface area contributed by atoms with Crippen molar-refractivity contribution in [2.24, 2.45) is 22.5 Å². The zero-order valence-corrected chi connectivity index (χ0v) is 13.3. The van der Waals surface area contributed by atoms with Crippen molar-refractivity contribution in [3.63, 3.8) is 0 Å². The summed E-state index contributed by atoms with van der Waals surface area (Å²) in [7, 11) is 0. The van der Waals surface area contributed by atoms with E-state index in [1.165, 1.54) is 0 Å². The lowest BCUT2D eigenvalue weighted by Gasteiger charge is -2.30. The van der Waals surface area contributed by atoms with E-state index < -0.39 is 0 Å². The molecule has 0 aliphatic heterocycles. The highest BCUT2D eigenvalue weighted by atomic mass is 16.1. The van der Waals surface area contributed by atoms with Gasteiger partial charge in [-0.15, -0.1) is 0 Å². The Bertz CT molecular complexity index is 245. The Morgan fingerprint density at radius 3 is 1.94 bits per heavy atom. The van der Waals surface area contributed by atoms with Gasteiger partial charge in [-0.1, -0.05) is 41.5 Å². The molecule has 0 rings (SSSR count). The van der Waals surface area contributed by atoms with Crippen molar-refractivity contribution in [1.29, 1.82) is 0 Å². The first-order valence-corrected chi connectivity index (χ1v) is 7.28. The lowest BCUT2D eigenvalue weighted by Crippen LogP contribution is -2.24. The van der Waals surface area contributed by atoms with Crippen molar-refractivity contribution in [2.45, 2.75) is 73.6 Å². The Balaban J connectivity index is 4.08. The SMILES string of the molecule is CC(C)(C)CCC(=O)CCC(CCN)C(C)(C)C. The molecule has 1 atom stereocenters. The molecule has 0 aromatic carbocycles. The van der Waals surface area contributed by atoms with Crippen molar-refractivity contribution in [2.75, 3.05) is 6.54 Å². The van der Waals surface area contributed by atoms with E-state index in [2.05, 4.69) is 41.5 Å². The molecule has 18 heavy (non-hydrogen) atoms. The lowest BCUT2D eigenvalue weighted by molar-refractivity contribution is -0.120. The number of carbonyl (C=O) groups is 1. The Labute approximate surface area is 114 Å². The number of hydrogen-bond acceptors (Lipinski definition) is 2. The number of hydrogen-bond donors (Lipinski definition) is 1. The molecule has 0 aliphatic carbocycles. The van der Waals surface area contributed by atoms with E-state index in [4.69, 9.17) is 5.73 Å². The van der Waals surface area contributed by atoms with E-state index in [1.807, 2.05) is 0 Å². The Morgan fingerprint density at radius 2 is 1.56 bits per heavy atom. The lowest BCUT2D eigenvalue weighted by atomic mass is 9.75. The minimum absolute atomic E-state index is 0.254. The van der Waals surface area contributed by atoms with Crippen LogP contribution in [0, 0.1) is 16.7 Å². The molecule has 108 valence electrons. The molecule has 0 saturated heterocycles. The van der Waals surface area contributed by atoms with Gasteiger partial charge in [-0.3, -0.25) is 4.79 Å². The quantitative estimate of drug-likeness (QED) is 0.742. The second-order valence-corrected chi connectivity index (χ2v) is 7.78. The summed E-state index contributed by atoms with van der Waals surface area (Å²) < 4.78 is 0. The second-order valence-electron chi connectivity index (χ2n) is 7.78. The van der Waals surface area contributed by atoms with Gasteiger partial charge in [0.25, 0.3) is 0 Å². The molecule has 1 unspecified atom stereocenters. The minimum Gasteiger partial charge on any atom is -0.330 e. The zero-order chi connectivity index (χ0) is 14.4. The van der Waals surface area contributed by atoms with Crippen molar-refractivity contribution in [3.8, 4) is 0 Å². The van der Waals surface area contributed by atoms with Crippen LogP contribution >= 0.6 is 0 Å². The van der Waals surface area contributed by atoms with Crippen molar-refractivity contribution in [3.05, 3.63) is 0 Å². The largest absolute Gasteiger partial charge is 0.330 e. The van der Waals surface area contributed by atoms with E-state index >= 15 is 0 Å². The number of carbonyl (C=O) groups excluding carboxylic acids is 1. The molecule has 2 nitrogen and oxygen atoms in total. The molecule has 0 spiro atoms. The summed E-state index contributed by atoms with van der Waals surface area (Å²) in [6.07, 6.45) is 4.45. The Hall–Kier alpha value is -0.370. The summed E-state index contributed by atoms with van der Waals surface area (Å²) >= 11 is 0. The van der Waals surface area contributed by atoms with Crippen LogP contribution in [0.1, 0.15) is 73.6 Å². The molecule has 0 bridgehead atoms. The molecule has 0 saturated carbocycles. The number of nitrogens with two attached hydrogens (primary N) is 1. The molecule has 0 aliphatic rings. The van der Waals surface area contributed by atoms with Gasteiger partial charge in [0, 0.05) is 12.8 Å². The standard InChI is InChI=1S/C16H33NO/c1-15(2,3)11-9-14(18)8-7-13(10-12-17)16(4,5)6/h13H,7-12,17H2,1-6H3. The van der Waals surface area contributed by atoms with Gasteiger partial charge in [-0.2, -0.15) is 0 Å². The Morgan fingerprint density at radius 1 is 1.00 bits per heavy atom. The maximum Gasteiger partial charge on any atom is 0.132 e. The van der Waals surface area contributed by atoms with Gasteiger partial charge in [0.15, 0.2) is 0 Å². The fourth-order valence-corrected chi connectivity index (χ4v) is 2.19. The summed E-state index contributed by atoms with van der Waals surface area (Å²) in [5.74, 6) is 0.970. The van der Waals surface area contributed by atoms with Crippen molar-refractivity contribution >= 4 is 5.78 Å². The van der Waals surface area contributed by atoms with Gasteiger partial charge >= 0.3 is 0 Å². The van der Waals surface area contributed by atoms with Crippen molar-refractivity contribution < 1.29 is 4.79 Å². The van der Waals surface area contributed by atoms with E-state index in [9.17, 15) is 4.79 Å². The van der Waals surface area contributed by atoms with Crippen LogP contribution in [0.5, 0.6) is 0 Å². The highest BCUT2D eigenvalue weighted by Crippen LogP contribution is 2.32. The van der Waals surface area contributed by atoms with Gasteiger partial charge in [0.2, 0.25) is 0 Å². The van der Waals surface area contributed by atoms with Gasteiger partial charge in [-0.25, -0.2) is 0 Å². The van der Waals surface area contributed by atoms with E-state index in [-0.39, 0.29) is 10.8 Å². The van der Waals surface area contributed by atoms with Crippen LogP contribution in [0.4, 0.5) is 0 Å². The van der Waals surface area contributed by atoms with Crippen LogP contribution < -0.4 is 5.73 Å². The summed E-state index contributed by atoms with van der Waals surface area (Å²) in [6, 6.07) is 0. The molecule has 0 radical (unpaired) electrons. The smallest absolute Gasteiger partial charge is 0.132 e. The Kier molecular flexibility index (Phi) is 7.13. The van der Waals surface area contributed by atoms with Gasteiger partial charge in [-0.05, 0) is 42.6 Å². The van der Waals surface area contributed by atoms with Crippen LogP contribution in [-0.4, -0.2) is 12.3 Å². The number of ketones is 1. The highest BCUT2D eigenvalue weighted by Gasteiger charge is 2.24. The molecule has 2 N–H and O–H groups in total. The van der Waals surface area contributed by atoms with Gasteiger partial charge < -0.3 is 5.73 Å². The van der Waals surface area contributed by atoms with Crippen LogP contribution in [0.3, 0.4) is 0 Å². The summed E-state index contributed by atoms with van der Waals surface area (Å²) in [4.78, 5) is 11.9. The number of rotatable bonds is 7. The summed E-state index contributed by atoms with van der Waals surface area (Å²) in [6.45, 7) is 14.0. The molecule has 0 aromatic heterocycles. The molecule has 2 heteroatoms. The predicted octanol–water partition coefficient (Wildman–Crippen LogP) is 4.17. The third kappa shape index (κ3) is 8.68. The monoisotopic (exact) mass is 255 g/mol. The number of Topliss-reactive ketones (excluding diaryl/α,β-unsaturated/α-hetero) is 1.